The summed E-state index contributed by atoms with van der Waals surface area (Å²) in [6, 6.07) is 8.59. The molecule has 2 nitrogen and oxygen atoms in total. The van der Waals surface area contributed by atoms with E-state index in [1.807, 2.05) is 23.9 Å². The molecule has 0 heterocycles. The van der Waals surface area contributed by atoms with Crippen LogP contribution in [0.2, 0.25) is 0 Å². The maximum Gasteiger partial charge on any atom is 0.119 e. The van der Waals surface area contributed by atoms with Crippen LogP contribution in [-0.2, 0) is 0 Å². The lowest BCUT2D eigenvalue weighted by Crippen LogP contribution is -2.37. The molecule has 0 bridgehead atoms. The van der Waals surface area contributed by atoms with Gasteiger partial charge in [-0.25, -0.2) is 0 Å². The zero-order valence-electron chi connectivity index (χ0n) is 10.6. The van der Waals surface area contributed by atoms with Gasteiger partial charge in [-0.15, -0.1) is 11.8 Å². The van der Waals surface area contributed by atoms with E-state index in [0.717, 1.165) is 18.1 Å². The third-order valence-electron chi connectivity index (χ3n) is 3.43. The summed E-state index contributed by atoms with van der Waals surface area (Å²) < 4.78 is 5.25. The van der Waals surface area contributed by atoms with Crippen molar-refractivity contribution in [3.8, 4) is 5.75 Å². The van der Waals surface area contributed by atoms with Crippen molar-refractivity contribution in [2.24, 2.45) is 11.7 Å². The molecule has 1 aliphatic carbocycles. The normalized spacial score (nSPS) is 29.0. The summed E-state index contributed by atoms with van der Waals surface area (Å²) in [6.45, 7) is 2.32. The van der Waals surface area contributed by atoms with Crippen LogP contribution in [0.4, 0.5) is 0 Å². The predicted molar refractivity (Wildman–Crippen MR) is 73.6 cm³/mol. The van der Waals surface area contributed by atoms with E-state index in [2.05, 4.69) is 19.1 Å². The van der Waals surface area contributed by atoms with Crippen LogP contribution in [0.3, 0.4) is 0 Å². The average molecular weight is 251 g/mol. The molecule has 2 rings (SSSR count). The second-order valence-electron chi connectivity index (χ2n) is 4.92. The largest absolute Gasteiger partial charge is 0.497 e. The molecule has 0 radical (unpaired) electrons. The van der Waals surface area contributed by atoms with Crippen molar-refractivity contribution in [2.45, 2.75) is 42.4 Å². The molecule has 0 aliphatic heterocycles. The maximum atomic E-state index is 6.21. The molecule has 0 spiro atoms. The summed E-state index contributed by atoms with van der Waals surface area (Å²) in [5.41, 5.74) is 6.21. The first-order valence-corrected chi connectivity index (χ1v) is 7.13. The Morgan fingerprint density at radius 3 is 2.94 bits per heavy atom. The number of ether oxygens (including phenoxy) is 1. The fraction of sp³-hybridized carbons (Fsp3) is 0.571. The molecule has 0 aromatic heterocycles. The summed E-state index contributed by atoms with van der Waals surface area (Å²) in [6.07, 6.45) is 3.65. The minimum absolute atomic E-state index is 0.336. The maximum absolute atomic E-state index is 6.21. The van der Waals surface area contributed by atoms with Crippen LogP contribution in [-0.4, -0.2) is 18.4 Å². The number of hydrogen-bond acceptors (Lipinski definition) is 3. The summed E-state index contributed by atoms with van der Waals surface area (Å²) in [7, 11) is 1.71. The highest BCUT2D eigenvalue weighted by atomic mass is 32.2. The molecule has 0 amide bonds. The van der Waals surface area contributed by atoms with Gasteiger partial charge in [-0.3, -0.25) is 0 Å². The van der Waals surface area contributed by atoms with Gasteiger partial charge in [-0.2, -0.15) is 0 Å². The van der Waals surface area contributed by atoms with Crippen LogP contribution in [0.1, 0.15) is 26.2 Å². The van der Waals surface area contributed by atoms with Crippen molar-refractivity contribution in [2.75, 3.05) is 7.11 Å². The molecule has 1 aliphatic rings. The number of hydrogen-bond donors (Lipinski definition) is 1. The van der Waals surface area contributed by atoms with Crippen molar-refractivity contribution < 1.29 is 4.74 Å². The topological polar surface area (TPSA) is 35.2 Å². The third-order valence-corrected chi connectivity index (χ3v) is 4.80. The number of thioether (sulfide) groups is 1. The average Bonchev–Trinajstić information content (AvgIpc) is 2.34. The van der Waals surface area contributed by atoms with Gasteiger partial charge in [-0.1, -0.05) is 13.0 Å². The molecular weight excluding hydrogens is 230 g/mol. The molecular formula is C14H21NOS. The zero-order chi connectivity index (χ0) is 12.3. The van der Waals surface area contributed by atoms with Crippen LogP contribution in [0.5, 0.6) is 5.75 Å². The predicted octanol–water partition coefficient (Wildman–Crippen LogP) is 3.30. The fourth-order valence-corrected chi connectivity index (χ4v) is 3.76. The van der Waals surface area contributed by atoms with Gasteiger partial charge in [0.25, 0.3) is 0 Å². The molecule has 94 valence electrons. The Kier molecular flexibility index (Phi) is 4.35. The summed E-state index contributed by atoms with van der Waals surface area (Å²) in [4.78, 5) is 1.26. The fourth-order valence-electron chi connectivity index (χ4n) is 2.34. The van der Waals surface area contributed by atoms with E-state index in [1.54, 1.807) is 7.11 Å². The van der Waals surface area contributed by atoms with Gasteiger partial charge in [0.15, 0.2) is 0 Å². The number of nitrogens with two attached hydrogens (primary N) is 1. The minimum atomic E-state index is 0.336. The second kappa shape index (κ2) is 5.78. The highest BCUT2D eigenvalue weighted by Crippen LogP contribution is 2.36. The first-order chi connectivity index (χ1) is 8.19. The van der Waals surface area contributed by atoms with Gasteiger partial charge in [0.2, 0.25) is 0 Å². The molecule has 1 aromatic carbocycles. The standard InChI is InChI=1S/C14H21NOS/c1-10-6-7-13(15)14(8-10)17-12-5-3-4-11(9-12)16-2/h3-5,9-10,13-14H,6-8,15H2,1-2H3. The first-order valence-electron chi connectivity index (χ1n) is 6.25. The van der Waals surface area contributed by atoms with Gasteiger partial charge in [-0.05, 0) is 43.4 Å². The lowest BCUT2D eigenvalue weighted by Gasteiger charge is -2.32. The molecule has 3 heteroatoms. The minimum Gasteiger partial charge on any atom is -0.497 e. The molecule has 3 unspecified atom stereocenters. The third kappa shape index (κ3) is 3.39. The lowest BCUT2D eigenvalue weighted by atomic mass is 9.87. The van der Waals surface area contributed by atoms with Crippen LogP contribution < -0.4 is 10.5 Å². The molecule has 1 saturated carbocycles. The van der Waals surface area contributed by atoms with E-state index < -0.39 is 0 Å². The van der Waals surface area contributed by atoms with Crippen LogP contribution in [0.25, 0.3) is 0 Å². The van der Waals surface area contributed by atoms with Gasteiger partial charge >= 0.3 is 0 Å². The van der Waals surface area contributed by atoms with Crippen LogP contribution in [0.15, 0.2) is 29.2 Å². The molecule has 1 aromatic rings. The Balaban J connectivity index is 2.03. The highest BCUT2D eigenvalue weighted by molar-refractivity contribution is 8.00. The molecule has 1 fully saturated rings. The monoisotopic (exact) mass is 251 g/mol. The Morgan fingerprint density at radius 2 is 2.18 bits per heavy atom. The Bertz CT molecular complexity index is 369. The zero-order valence-corrected chi connectivity index (χ0v) is 11.4. The van der Waals surface area contributed by atoms with E-state index in [1.165, 1.54) is 17.7 Å². The number of methoxy groups -OCH3 is 1. The van der Waals surface area contributed by atoms with Crippen LogP contribution in [0, 0.1) is 5.92 Å². The van der Waals surface area contributed by atoms with Crippen molar-refractivity contribution >= 4 is 11.8 Å². The van der Waals surface area contributed by atoms with E-state index in [4.69, 9.17) is 10.5 Å². The van der Waals surface area contributed by atoms with E-state index >= 15 is 0 Å². The Morgan fingerprint density at radius 1 is 1.35 bits per heavy atom. The second-order valence-corrected chi connectivity index (χ2v) is 6.23. The summed E-state index contributed by atoms with van der Waals surface area (Å²) in [5, 5.41) is 0.547. The van der Waals surface area contributed by atoms with E-state index in [9.17, 15) is 0 Å². The summed E-state index contributed by atoms with van der Waals surface area (Å²) in [5.74, 6) is 1.73. The van der Waals surface area contributed by atoms with Gasteiger partial charge < -0.3 is 10.5 Å². The Hall–Kier alpha value is -0.670. The molecule has 2 N–H and O–H groups in total. The molecule has 3 atom stereocenters. The van der Waals surface area contributed by atoms with Crippen molar-refractivity contribution in [3.05, 3.63) is 24.3 Å². The van der Waals surface area contributed by atoms with Gasteiger partial charge in [0.1, 0.15) is 5.75 Å². The van der Waals surface area contributed by atoms with Crippen molar-refractivity contribution in [1.82, 2.24) is 0 Å². The van der Waals surface area contributed by atoms with E-state index in [0.29, 0.717) is 11.3 Å². The van der Waals surface area contributed by atoms with Crippen LogP contribution >= 0.6 is 11.8 Å². The quantitative estimate of drug-likeness (QED) is 0.895. The van der Waals surface area contributed by atoms with Crippen molar-refractivity contribution in [1.29, 1.82) is 0 Å². The van der Waals surface area contributed by atoms with E-state index in [-0.39, 0.29) is 0 Å². The molecule has 17 heavy (non-hydrogen) atoms. The Labute approximate surface area is 108 Å². The number of benzene rings is 1. The molecule has 0 saturated heterocycles. The first kappa shape index (κ1) is 12.8. The van der Waals surface area contributed by atoms with Gasteiger partial charge in [0.05, 0.1) is 7.11 Å². The smallest absolute Gasteiger partial charge is 0.119 e. The SMILES string of the molecule is COc1cccc(SC2CC(C)CCC2N)c1. The summed E-state index contributed by atoms with van der Waals surface area (Å²) >= 11 is 1.90. The van der Waals surface area contributed by atoms with Crippen molar-refractivity contribution in [3.63, 3.8) is 0 Å². The van der Waals surface area contributed by atoms with Gasteiger partial charge in [0, 0.05) is 16.2 Å². The lowest BCUT2D eigenvalue weighted by molar-refractivity contribution is 0.357. The highest BCUT2D eigenvalue weighted by Gasteiger charge is 2.26. The number of rotatable bonds is 3.